The van der Waals surface area contributed by atoms with Crippen molar-refractivity contribution in [2.24, 2.45) is 4.99 Å². The molecule has 9 heteroatoms. The topological polar surface area (TPSA) is 95.6 Å². The van der Waals surface area contributed by atoms with E-state index in [1.54, 1.807) is 25.1 Å². The van der Waals surface area contributed by atoms with Crippen molar-refractivity contribution >= 4 is 29.2 Å². The molecule has 0 amide bonds. The summed E-state index contributed by atoms with van der Waals surface area (Å²) in [7, 11) is 0. The quantitative estimate of drug-likeness (QED) is 0.533. The van der Waals surface area contributed by atoms with Gasteiger partial charge in [0.25, 0.3) is 0 Å². The first kappa shape index (κ1) is 18.5. The van der Waals surface area contributed by atoms with Gasteiger partial charge < -0.3 is 20.3 Å². The van der Waals surface area contributed by atoms with Gasteiger partial charge in [-0.25, -0.2) is 4.99 Å². The molecular formula is C15H19Cl2N5O2. The number of aryl methyl sites for hydroxylation is 1. The van der Waals surface area contributed by atoms with Crippen molar-refractivity contribution in [2.75, 3.05) is 13.1 Å². The maximum absolute atomic E-state index is 10.3. The Bertz CT molecular complexity index is 685. The third kappa shape index (κ3) is 5.67. The highest BCUT2D eigenvalue weighted by Crippen LogP contribution is 2.23. The second-order valence-electron chi connectivity index (χ2n) is 5.03. The summed E-state index contributed by atoms with van der Waals surface area (Å²) in [6, 6.07) is 4.96. The minimum atomic E-state index is -0.782. The highest BCUT2D eigenvalue weighted by Gasteiger charge is 2.11. The largest absolute Gasteiger partial charge is 0.387 e. The predicted octanol–water partition coefficient (Wildman–Crippen LogP) is 2.47. The number of aromatic nitrogens is 2. The number of hydrogen-bond acceptors (Lipinski definition) is 5. The van der Waals surface area contributed by atoms with E-state index in [2.05, 4.69) is 25.8 Å². The van der Waals surface area contributed by atoms with Crippen LogP contribution in [0.1, 0.15) is 30.3 Å². The third-order valence-corrected chi connectivity index (χ3v) is 3.46. The van der Waals surface area contributed by atoms with Crippen molar-refractivity contribution in [3.8, 4) is 0 Å². The molecule has 0 aliphatic rings. The normalized spacial score (nSPS) is 13.0. The number of rotatable bonds is 6. The molecule has 0 bridgehead atoms. The number of guanidine groups is 1. The van der Waals surface area contributed by atoms with E-state index in [1.807, 2.05) is 6.92 Å². The summed E-state index contributed by atoms with van der Waals surface area (Å²) < 4.78 is 5.01. The van der Waals surface area contributed by atoms with Gasteiger partial charge in [0.05, 0.1) is 6.10 Å². The first-order chi connectivity index (χ1) is 11.5. The Labute approximate surface area is 150 Å². The average Bonchev–Trinajstić information content (AvgIpc) is 2.94. The zero-order valence-corrected chi connectivity index (χ0v) is 14.9. The summed E-state index contributed by atoms with van der Waals surface area (Å²) in [6.07, 6.45) is -0.782. The molecule has 0 aliphatic carbocycles. The van der Waals surface area contributed by atoms with Gasteiger partial charge in [0.1, 0.15) is 6.54 Å². The number of aliphatic hydroxyl groups excluding tert-OH is 1. The Morgan fingerprint density at radius 3 is 2.58 bits per heavy atom. The fourth-order valence-corrected chi connectivity index (χ4v) is 2.51. The Balaban J connectivity index is 1.97. The van der Waals surface area contributed by atoms with Crippen LogP contribution in [0.5, 0.6) is 0 Å². The van der Waals surface area contributed by atoms with Crippen molar-refractivity contribution < 1.29 is 9.63 Å². The van der Waals surface area contributed by atoms with E-state index in [0.29, 0.717) is 39.8 Å². The Kier molecular flexibility index (Phi) is 6.84. The van der Waals surface area contributed by atoms with Crippen LogP contribution in [-0.2, 0) is 6.54 Å². The Hall–Kier alpha value is -1.83. The fraction of sp³-hybridized carbons (Fsp3) is 0.400. The molecule has 0 radical (unpaired) electrons. The lowest BCUT2D eigenvalue weighted by atomic mass is 10.1. The van der Waals surface area contributed by atoms with Crippen LogP contribution in [0, 0.1) is 6.92 Å². The predicted molar refractivity (Wildman–Crippen MR) is 93.3 cm³/mol. The van der Waals surface area contributed by atoms with Crippen LogP contribution >= 0.6 is 23.2 Å². The summed E-state index contributed by atoms with van der Waals surface area (Å²) in [5.41, 5.74) is 0.628. The molecule has 0 aliphatic heterocycles. The first-order valence-electron chi connectivity index (χ1n) is 7.43. The molecule has 0 spiro atoms. The lowest BCUT2D eigenvalue weighted by Gasteiger charge is -2.15. The standard InChI is InChI=1S/C15H19Cl2N5O2/c1-3-18-15(20-8-14-21-9(2)22-24-14)19-7-13(23)10-4-11(16)6-12(17)5-10/h4-6,13,23H,3,7-8H2,1-2H3,(H2,18,19,20). The number of aliphatic hydroxyl groups is 1. The number of benzene rings is 1. The van der Waals surface area contributed by atoms with E-state index in [9.17, 15) is 5.11 Å². The SMILES string of the molecule is CCNC(=NCc1nc(C)no1)NCC(O)c1cc(Cl)cc(Cl)c1. The minimum Gasteiger partial charge on any atom is -0.387 e. The molecule has 0 saturated carbocycles. The van der Waals surface area contributed by atoms with Crippen molar-refractivity contribution in [3.05, 3.63) is 45.5 Å². The second kappa shape index (κ2) is 8.86. The summed E-state index contributed by atoms with van der Waals surface area (Å²) in [4.78, 5) is 8.42. The summed E-state index contributed by atoms with van der Waals surface area (Å²) in [6.45, 7) is 4.85. The molecule has 2 rings (SSSR count). The van der Waals surface area contributed by atoms with Gasteiger partial charge in [0.2, 0.25) is 5.89 Å². The summed E-state index contributed by atoms with van der Waals surface area (Å²) in [5.74, 6) is 1.51. The van der Waals surface area contributed by atoms with E-state index in [-0.39, 0.29) is 13.1 Å². The lowest BCUT2D eigenvalue weighted by Crippen LogP contribution is -2.39. The van der Waals surface area contributed by atoms with Gasteiger partial charge in [-0.1, -0.05) is 28.4 Å². The monoisotopic (exact) mass is 371 g/mol. The highest BCUT2D eigenvalue weighted by atomic mass is 35.5. The number of hydrogen-bond donors (Lipinski definition) is 3. The molecule has 1 unspecified atom stereocenters. The van der Waals surface area contributed by atoms with Crippen LogP contribution in [0.2, 0.25) is 10.0 Å². The van der Waals surface area contributed by atoms with E-state index in [1.165, 1.54) is 0 Å². The summed E-state index contributed by atoms with van der Waals surface area (Å²) in [5, 5.41) is 21.1. The number of halogens is 2. The first-order valence-corrected chi connectivity index (χ1v) is 8.19. The van der Waals surface area contributed by atoms with Crippen molar-refractivity contribution in [3.63, 3.8) is 0 Å². The van der Waals surface area contributed by atoms with Crippen LogP contribution in [0.4, 0.5) is 0 Å². The van der Waals surface area contributed by atoms with Gasteiger partial charge in [0.15, 0.2) is 11.8 Å². The van der Waals surface area contributed by atoms with Crippen LogP contribution < -0.4 is 10.6 Å². The average molecular weight is 372 g/mol. The number of aliphatic imine (C=N–C) groups is 1. The molecule has 3 N–H and O–H groups in total. The van der Waals surface area contributed by atoms with Crippen molar-refractivity contribution in [1.82, 2.24) is 20.8 Å². The van der Waals surface area contributed by atoms with Gasteiger partial charge in [-0.15, -0.1) is 0 Å². The molecule has 1 aromatic heterocycles. The molecule has 1 atom stereocenters. The van der Waals surface area contributed by atoms with Crippen LogP contribution in [0.15, 0.2) is 27.7 Å². The van der Waals surface area contributed by atoms with E-state index >= 15 is 0 Å². The Morgan fingerprint density at radius 2 is 2.00 bits per heavy atom. The highest BCUT2D eigenvalue weighted by molar-refractivity contribution is 6.34. The number of nitrogens with zero attached hydrogens (tertiary/aromatic N) is 3. The molecule has 0 saturated heterocycles. The lowest BCUT2D eigenvalue weighted by molar-refractivity contribution is 0.181. The molecule has 2 aromatic rings. The van der Waals surface area contributed by atoms with Crippen LogP contribution in [0.25, 0.3) is 0 Å². The van der Waals surface area contributed by atoms with Crippen molar-refractivity contribution in [1.29, 1.82) is 0 Å². The van der Waals surface area contributed by atoms with Gasteiger partial charge in [0, 0.05) is 23.1 Å². The van der Waals surface area contributed by atoms with Gasteiger partial charge >= 0.3 is 0 Å². The minimum absolute atomic E-state index is 0.241. The van der Waals surface area contributed by atoms with E-state index in [0.717, 1.165) is 0 Å². The Morgan fingerprint density at radius 1 is 1.29 bits per heavy atom. The molecular weight excluding hydrogens is 353 g/mol. The third-order valence-electron chi connectivity index (χ3n) is 3.02. The van der Waals surface area contributed by atoms with E-state index in [4.69, 9.17) is 27.7 Å². The zero-order chi connectivity index (χ0) is 17.5. The molecule has 7 nitrogen and oxygen atoms in total. The zero-order valence-electron chi connectivity index (χ0n) is 13.4. The molecule has 1 aromatic carbocycles. The second-order valence-corrected chi connectivity index (χ2v) is 5.90. The molecule has 130 valence electrons. The van der Waals surface area contributed by atoms with Crippen molar-refractivity contribution in [2.45, 2.75) is 26.5 Å². The molecule has 0 fully saturated rings. The van der Waals surface area contributed by atoms with Crippen LogP contribution in [0.3, 0.4) is 0 Å². The van der Waals surface area contributed by atoms with E-state index < -0.39 is 6.10 Å². The van der Waals surface area contributed by atoms with Gasteiger partial charge in [-0.3, -0.25) is 0 Å². The van der Waals surface area contributed by atoms with Crippen LogP contribution in [-0.4, -0.2) is 34.3 Å². The smallest absolute Gasteiger partial charge is 0.248 e. The fourth-order valence-electron chi connectivity index (χ4n) is 1.97. The maximum Gasteiger partial charge on any atom is 0.248 e. The maximum atomic E-state index is 10.3. The molecule has 24 heavy (non-hydrogen) atoms. The van der Waals surface area contributed by atoms with Gasteiger partial charge in [-0.2, -0.15) is 4.98 Å². The summed E-state index contributed by atoms with van der Waals surface area (Å²) >= 11 is 11.9. The van der Waals surface area contributed by atoms with Gasteiger partial charge in [-0.05, 0) is 37.6 Å². The number of nitrogens with one attached hydrogen (secondary N) is 2. The molecule has 1 heterocycles.